The Labute approximate surface area is 241 Å². The maximum atomic E-state index is 12.3. The van der Waals surface area contributed by atoms with Gasteiger partial charge >= 0.3 is 0 Å². The molecule has 5 aromatic rings. The largest absolute Gasteiger partial charge is 0.493 e. The van der Waals surface area contributed by atoms with E-state index in [1.165, 1.54) is 23.9 Å². The van der Waals surface area contributed by atoms with Crippen LogP contribution in [0.4, 0.5) is 5.82 Å². The molecule has 2 aromatic heterocycles. The smallest absolute Gasteiger partial charge is 0.275 e. The number of thiophene rings is 1. The van der Waals surface area contributed by atoms with E-state index in [4.69, 9.17) is 24.7 Å². The van der Waals surface area contributed by atoms with Gasteiger partial charge in [-0.2, -0.15) is 0 Å². The Bertz CT molecular complexity index is 1610. The highest BCUT2D eigenvalue weighted by atomic mass is 32.1. The molecule has 1 saturated heterocycles. The van der Waals surface area contributed by atoms with E-state index in [2.05, 4.69) is 9.97 Å². The van der Waals surface area contributed by atoms with Gasteiger partial charge in [-0.3, -0.25) is 0 Å². The molecule has 0 amide bonds. The Morgan fingerprint density at radius 1 is 0.829 bits per heavy atom. The van der Waals surface area contributed by atoms with E-state index in [0.717, 1.165) is 16.7 Å². The third-order valence-corrected chi connectivity index (χ3v) is 7.88. The Morgan fingerprint density at radius 3 is 2.05 bits per heavy atom. The lowest BCUT2D eigenvalue weighted by Crippen LogP contribution is -2.43. The van der Waals surface area contributed by atoms with Gasteiger partial charge < -0.3 is 29.8 Å². The van der Waals surface area contributed by atoms with E-state index in [1.54, 1.807) is 0 Å². The van der Waals surface area contributed by atoms with E-state index in [0.29, 0.717) is 34.0 Å². The summed E-state index contributed by atoms with van der Waals surface area (Å²) in [6.45, 7) is 0.812. The van der Waals surface area contributed by atoms with Crippen molar-refractivity contribution < 1.29 is 24.1 Å². The van der Waals surface area contributed by atoms with Crippen LogP contribution in [0.5, 0.6) is 0 Å². The normalized spacial score (nSPS) is 21.2. The molecule has 3 aromatic carbocycles. The Hall–Kier alpha value is -4.28. The van der Waals surface area contributed by atoms with Gasteiger partial charge in [-0.05, 0) is 16.7 Å². The number of hydrogen-bond acceptors (Lipinski definition) is 9. The fourth-order valence-corrected chi connectivity index (χ4v) is 5.80. The lowest BCUT2D eigenvalue weighted by molar-refractivity contribution is -0.232. The summed E-state index contributed by atoms with van der Waals surface area (Å²) >= 11 is 1.28. The summed E-state index contributed by atoms with van der Waals surface area (Å²) in [6.07, 6.45) is 1.11. The van der Waals surface area contributed by atoms with Crippen LogP contribution >= 0.6 is 11.3 Å². The van der Waals surface area contributed by atoms with Crippen molar-refractivity contribution in [3.05, 3.63) is 136 Å². The van der Waals surface area contributed by atoms with Gasteiger partial charge in [0.15, 0.2) is 18.0 Å². The summed E-state index contributed by atoms with van der Waals surface area (Å²) in [7, 11) is 0. The first-order valence-electron chi connectivity index (χ1n) is 13.2. The highest BCUT2D eigenvalue weighted by molar-refractivity contribution is 7.11. The van der Waals surface area contributed by atoms with Gasteiger partial charge in [0.05, 0.1) is 24.1 Å². The molecule has 0 spiro atoms. The number of rotatable bonds is 10. The molecule has 0 bridgehead atoms. The average Bonchev–Trinajstić information content (AvgIpc) is 3.57. The molecule has 0 aliphatic carbocycles. The number of nitrogens with two attached hydrogens (primary N) is 1. The quantitative estimate of drug-likeness (QED) is 0.208. The maximum Gasteiger partial charge on any atom is 0.275 e. The van der Waals surface area contributed by atoms with Crippen LogP contribution in [0.25, 0.3) is 10.9 Å². The van der Waals surface area contributed by atoms with Gasteiger partial charge in [-0.1, -0.05) is 91.0 Å². The first-order valence-corrected chi connectivity index (χ1v) is 14.1. The van der Waals surface area contributed by atoms with Gasteiger partial charge in [0.1, 0.15) is 29.9 Å². The molecule has 3 atom stereocenters. The van der Waals surface area contributed by atoms with Gasteiger partial charge in [-0.25, -0.2) is 9.97 Å². The summed E-state index contributed by atoms with van der Waals surface area (Å²) in [5.41, 5.74) is 9.51. The van der Waals surface area contributed by atoms with Crippen LogP contribution < -0.4 is 5.73 Å². The van der Waals surface area contributed by atoms with Gasteiger partial charge in [-0.15, -0.1) is 11.3 Å². The number of nitrogens with zero attached hydrogens (tertiary/aromatic N) is 2. The zero-order valence-electron chi connectivity index (χ0n) is 22.1. The Kier molecular flexibility index (Phi) is 7.93. The van der Waals surface area contributed by atoms with Crippen molar-refractivity contribution in [3.8, 4) is 0 Å². The summed E-state index contributed by atoms with van der Waals surface area (Å²) in [5.74, 6) is -1.31. The van der Waals surface area contributed by atoms with Crippen molar-refractivity contribution in [1.82, 2.24) is 9.97 Å². The minimum atomic E-state index is -1.94. The van der Waals surface area contributed by atoms with Gasteiger partial charge in [0.2, 0.25) is 0 Å². The minimum Gasteiger partial charge on any atom is -0.493 e. The van der Waals surface area contributed by atoms with Crippen molar-refractivity contribution in [2.75, 3.05) is 5.73 Å². The van der Waals surface area contributed by atoms with E-state index < -0.39 is 18.0 Å². The number of aromatic nitrogens is 2. The molecule has 1 unspecified atom stereocenters. The second kappa shape index (κ2) is 12.1. The van der Waals surface area contributed by atoms with Crippen LogP contribution in [0.2, 0.25) is 0 Å². The number of aliphatic hydroxyl groups is 1. The highest BCUT2D eigenvalue weighted by Crippen LogP contribution is 2.47. The summed E-state index contributed by atoms with van der Waals surface area (Å²) < 4.78 is 25.1. The highest BCUT2D eigenvalue weighted by Gasteiger charge is 2.58. The molecule has 0 radical (unpaired) electrons. The van der Waals surface area contributed by atoms with E-state index >= 15 is 0 Å². The lowest BCUT2D eigenvalue weighted by Gasteiger charge is -2.29. The zero-order valence-corrected chi connectivity index (χ0v) is 22.9. The second-order valence-electron chi connectivity index (χ2n) is 9.64. The lowest BCUT2D eigenvalue weighted by atomic mass is 10.0. The first-order chi connectivity index (χ1) is 20.1. The third kappa shape index (κ3) is 5.79. The average molecular weight is 568 g/mol. The molecule has 1 aliphatic heterocycles. The zero-order chi connectivity index (χ0) is 28.1. The number of ether oxygens (including phenoxy) is 4. The summed E-state index contributed by atoms with van der Waals surface area (Å²) in [5, 5.41) is 14.8. The fourth-order valence-electron chi connectivity index (χ4n) is 4.74. The minimum absolute atomic E-state index is 0.223. The number of fused-ring (bicyclic) bond motifs is 1. The molecule has 9 heteroatoms. The molecule has 8 nitrogen and oxygen atoms in total. The standard InChI is InChI=1S/C32H29N3O5S/c33-31-25-20-41-30(27(25)34-21-35-31)32(36)29(39-18-24-14-8-3-9-15-24)28(38-17-23-12-6-2-7-13-23)26(40-32)19-37-16-22-10-4-1-5-11-22/h1-15,19-21,28-29,36H,16-18H2,(H2,33,34,35)/t28-,29-,32?/m1/s1. The monoisotopic (exact) mass is 567 g/mol. The van der Waals surface area contributed by atoms with Crippen molar-refractivity contribution in [3.63, 3.8) is 0 Å². The molecule has 41 heavy (non-hydrogen) atoms. The van der Waals surface area contributed by atoms with Crippen LogP contribution in [0, 0.1) is 0 Å². The van der Waals surface area contributed by atoms with E-state index in [9.17, 15) is 5.11 Å². The van der Waals surface area contributed by atoms with Crippen LogP contribution in [-0.2, 0) is 44.6 Å². The van der Waals surface area contributed by atoms with Crippen LogP contribution in [-0.4, -0.2) is 27.3 Å². The van der Waals surface area contributed by atoms with Crippen LogP contribution in [0.1, 0.15) is 21.6 Å². The topological polar surface area (TPSA) is 109 Å². The number of hydrogen-bond donors (Lipinski definition) is 2. The van der Waals surface area contributed by atoms with E-state index in [-0.39, 0.29) is 13.2 Å². The molecular weight excluding hydrogens is 538 g/mol. The molecule has 6 rings (SSSR count). The molecule has 1 fully saturated rings. The van der Waals surface area contributed by atoms with Crippen molar-refractivity contribution in [2.45, 2.75) is 37.8 Å². The summed E-state index contributed by atoms with van der Waals surface area (Å²) in [4.78, 5) is 8.96. The molecule has 208 valence electrons. The van der Waals surface area contributed by atoms with E-state index in [1.807, 2.05) is 96.4 Å². The first kappa shape index (κ1) is 26.9. The predicted molar refractivity (Wildman–Crippen MR) is 156 cm³/mol. The van der Waals surface area contributed by atoms with Crippen LogP contribution in [0.15, 0.2) is 115 Å². The fraction of sp³-hybridized carbons (Fsp3) is 0.188. The van der Waals surface area contributed by atoms with Gasteiger partial charge in [0.25, 0.3) is 5.79 Å². The Balaban J connectivity index is 1.37. The summed E-state index contributed by atoms with van der Waals surface area (Å²) in [6, 6.07) is 29.3. The number of benzene rings is 3. The Morgan fingerprint density at radius 2 is 1.41 bits per heavy atom. The predicted octanol–water partition coefficient (Wildman–Crippen LogP) is 5.68. The molecular formula is C32H29N3O5S. The molecule has 3 heterocycles. The second-order valence-corrected chi connectivity index (χ2v) is 10.5. The molecule has 1 aliphatic rings. The third-order valence-electron chi connectivity index (χ3n) is 6.80. The SMILES string of the molecule is Nc1ncnc2c(C3(O)OC(=COCc4ccccc4)[C@@H](OCc4ccccc4)[C@H]3OCc3ccccc3)scc12. The van der Waals surface area contributed by atoms with Crippen molar-refractivity contribution in [2.24, 2.45) is 0 Å². The molecule has 3 N–H and O–H groups in total. The number of anilines is 1. The van der Waals surface area contributed by atoms with Gasteiger partial charge in [0, 0.05) is 5.38 Å². The maximum absolute atomic E-state index is 12.3. The van der Waals surface area contributed by atoms with Crippen molar-refractivity contribution in [1.29, 1.82) is 0 Å². The number of nitrogen functional groups attached to an aromatic ring is 1. The molecule has 0 saturated carbocycles. The van der Waals surface area contributed by atoms with Crippen LogP contribution in [0.3, 0.4) is 0 Å². The van der Waals surface area contributed by atoms with Crippen molar-refractivity contribution >= 4 is 28.1 Å².